The number of likely N-dealkylation sites (tertiary alicyclic amines) is 1. The van der Waals surface area contributed by atoms with Crippen LogP contribution >= 0.6 is 0 Å². The van der Waals surface area contributed by atoms with E-state index in [2.05, 4.69) is 31.7 Å². The van der Waals surface area contributed by atoms with Crippen molar-refractivity contribution in [3.63, 3.8) is 0 Å². The van der Waals surface area contributed by atoms with Crippen LogP contribution in [0.4, 0.5) is 5.95 Å². The predicted molar refractivity (Wildman–Crippen MR) is 134 cm³/mol. The number of pyridine rings is 2. The number of rotatable bonds is 6. The van der Waals surface area contributed by atoms with Gasteiger partial charge >= 0.3 is 5.97 Å². The van der Waals surface area contributed by atoms with E-state index < -0.39 is 5.97 Å². The van der Waals surface area contributed by atoms with Gasteiger partial charge in [0.25, 0.3) is 0 Å². The quantitative estimate of drug-likeness (QED) is 0.396. The summed E-state index contributed by atoms with van der Waals surface area (Å²) in [7, 11) is 0. The zero-order valence-electron chi connectivity index (χ0n) is 19.8. The molecule has 5 heterocycles. The molecular weight excluding hydrogens is 458 g/mol. The van der Waals surface area contributed by atoms with E-state index in [0.29, 0.717) is 11.8 Å². The lowest BCUT2D eigenvalue weighted by molar-refractivity contribution is 0.0696. The number of nitrogens with zero attached hydrogens (tertiary/aromatic N) is 6. The van der Waals surface area contributed by atoms with Crippen LogP contribution in [0.5, 0.6) is 11.8 Å². The highest BCUT2D eigenvalue weighted by Crippen LogP contribution is 2.33. The van der Waals surface area contributed by atoms with Crippen LogP contribution in [0.15, 0.2) is 48.9 Å². The molecule has 36 heavy (non-hydrogen) atoms. The Labute approximate surface area is 207 Å². The van der Waals surface area contributed by atoms with Crippen molar-refractivity contribution in [2.75, 3.05) is 25.4 Å². The number of aromatic carboxylic acids is 1. The van der Waals surface area contributed by atoms with E-state index in [1.165, 1.54) is 18.3 Å². The van der Waals surface area contributed by atoms with Crippen molar-refractivity contribution in [3.8, 4) is 35.0 Å². The van der Waals surface area contributed by atoms with Crippen LogP contribution in [0.2, 0.25) is 0 Å². The minimum Gasteiger partial charge on any atom is -0.478 e. The van der Waals surface area contributed by atoms with Gasteiger partial charge in [0.05, 0.1) is 23.3 Å². The van der Waals surface area contributed by atoms with Crippen LogP contribution in [0.3, 0.4) is 0 Å². The molecule has 0 amide bonds. The molecule has 1 fully saturated rings. The fraction of sp³-hybridized carbons (Fsp3) is 0.269. The number of fused-ring (bicyclic) bond motifs is 1. The van der Waals surface area contributed by atoms with Crippen molar-refractivity contribution in [1.82, 2.24) is 29.2 Å². The Morgan fingerprint density at radius 1 is 1.19 bits per heavy atom. The highest BCUT2D eigenvalue weighted by Gasteiger charge is 2.27. The predicted octanol–water partition coefficient (Wildman–Crippen LogP) is 3.46. The first-order valence-corrected chi connectivity index (χ1v) is 11.6. The summed E-state index contributed by atoms with van der Waals surface area (Å²) in [6, 6.07) is 8.20. The maximum atomic E-state index is 11.2. The fourth-order valence-electron chi connectivity index (χ4n) is 4.47. The van der Waals surface area contributed by atoms with Crippen LogP contribution in [0.25, 0.3) is 16.9 Å². The highest BCUT2D eigenvalue weighted by molar-refractivity contribution is 5.87. The fourth-order valence-corrected chi connectivity index (χ4v) is 4.47. The SMILES string of the molecule is CC#CCN1CCCC(c2nc(-c3ccc(Oc4cc(C(=O)O)ccn4)nc3)n3c(N)nccc23)C1. The van der Waals surface area contributed by atoms with Gasteiger partial charge < -0.3 is 15.6 Å². The number of carboxylic acid groups (broad SMARTS) is 1. The van der Waals surface area contributed by atoms with Crippen LogP contribution in [0.1, 0.15) is 41.7 Å². The lowest BCUT2D eigenvalue weighted by Gasteiger charge is -2.30. The number of ether oxygens (including phenoxy) is 1. The number of hydrogen-bond acceptors (Lipinski definition) is 8. The lowest BCUT2D eigenvalue weighted by Crippen LogP contribution is -2.34. The third-order valence-corrected chi connectivity index (χ3v) is 6.17. The first kappa shape index (κ1) is 23.3. The molecular formula is C26H25N7O3. The van der Waals surface area contributed by atoms with Gasteiger partial charge in [-0.2, -0.15) is 0 Å². The van der Waals surface area contributed by atoms with Crippen molar-refractivity contribution in [3.05, 3.63) is 60.2 Å². The molecule has 4 aromatic rings. The third-order valence-electron chi connectivity index (χ3n) is 6.17. The molecule has 0 bridgehead atoms. The Morgan fingerprint density at radius 3 is 2.83 bits per heavy atom. The van der Waals surface area contributed by atoms with Crippen LogP contribution < -0.4 is 10.5 Å². The molecule has 0 spiro atoms. The molecule has 1 unspecified atom stereocenters. The van der Waals surface area contributed by atoms with Crippen molar-refractivity contribution in [2.45, 2.75) is 25.7 Å². The van der Waals surface area contributed by atoms with Crippen molar-refractivity contribution < 1.29 is 14.6 Å². The van der Waals surface area contributed by atoms with Gasteiger partial charge in [-0.3, -0.25) is 9.30 Å². The number of nitrogens with two attached hydrogens (primary N) is 1. The number of anilines is 1. The summed E-state index contributed by atoms with van der Waals surface area (Å²) in [5.41, 5.74) is 9.04. The number of aromatic nitrogens is 5. The average Bonchev–Trinajstić information content (AvgIpc) is 3.29. The first-order chi connectivity index (χ1) is 17.5. The largest absolute Gasteiger partial charge is 0.478 e. The van der Waals surface area contributed by atoms with Gasteiger partial charge in [-0.05, 0) is 44.5 Å². The number of hydrogen-bond donors (Lipinski definition) is 2. The van der Waals surface area contributed by atoms with Crippen molar-refractivity contribution in [2.24, 2.45) is 0 Å². The average molecular weight is 484 g/mol. The molecule has 4 aromatic heterocycles. The molecule has 0 aromatic carbocycles. The standard InChI is InChI=1S/C26H25N7O3/c1-2-3-12-32-13-4-5-19(16-32)23-20-9-11-29-26(27)33(20)24(31-23)18-6-7-21(30-15-18)36-22-14-17(25(34)35)8-10-28-22/h6-11,14-15,19H,4-5,12-13,16H2,1H3,(H2,27,29)(H,34,35). The minimum atomic E-state index is -1.06. The van der Waals surface area contributed by atoms with Gasteiger partial charge in [0.2, 0.25) is 17.7 Å². The topological polar surface area (TPSA) is 132 Å². The summed E-state index contributed by atoms with van der Waals surface area (Å²) >= 11 is 0. The zero-order valence-corrected chi connectivity index (χ0v) is 19.8. The molecule has 0 radical (unpaired) electrons. The van der Waals surface area contributed by atoms with Gasteiger partial charge in [-0.1, -0.05) is 5.92 Å². The summed E-state index contributed by atoms with van der Waals surface area (Å²) in [6.07, 6.45) is 6.84. The monoisotopic (exact) mass is 483 g/mol. The number of nitrogen functional groups attached to an aromatic ring is 1. The molecule has 1 aliphatic rings. The van der Waals surface area contributed by atoms with Gasteiger partial charge in [0, 0.05) is 48.7 Å². The van der Waals surface area contributed by atoms with Crippen molar-refractivity contribution >= 4 is 17.4 Å². The maximum Gasteiger partial charge on any atom is 0.335 e. The number of piperidine rings is 1. The highest BCUT2D eigenvalue weighted by atomic mass is 16.5. The normalized spacial score (nSPS) is 15.9. The van der Waals surface area contributed by atoms with E-state index in [4.69, 9.17) is 20.6 Å². The Kier molecular flexibility index (Phi) is 6.47. The maximum absolute atomic E-state index is 11.2. The second kappa shape index (κ2) is 10.0. The molecule has 10 nitrogen and oxygen atoms in total. The summed E-state index contributed by atoms with van der Waals surface area (Å²) in [5, 5.41) is 9.16. The van der Waals surface area contributed by atoms with Crippen LogP contribution in [-0.2, 0) is 0 Å². The smallest absolute Gasteiger partial charge is 0.335 e. The van der Waals surface area contributed by atoms with Gasteiger partial charge in [-0.25, -0.2) is 24.7 Å². The summed E-state index contributed by atoms with van der Waals surface area (Å²) in [5.74, 6) is 6.77. The van der Waals surface area contributed by atoms with E-state index in [1.54, 1.807) is 18.5 Å². The Hall–Kier alpha value is -4.49. The van der Waals surface area contributed by atoms with Gasteiger partial charge in [0.15, 0.2) is 0 Å². The Balaban J connectivity index is 1.45. The van der Waals surface area contributed by atoms with E-state index in [0.717, 1.165) is 49.2 Å². The van der Waals surface area contributed by atoms with Crippen LogP contribution in [-0.4, -0.2) is 59.9 Å². The van der Waals surface area contributed by atoms with Gasteiger partial charge in [-0.15, -0.1) is 5.92 Å². The molecule has 3 N–H and O–H groups in total. The molecule has 10 heteroatoms. The molecule has 1 saturated heterocycles. The second-order valence-corrected chi connectivity index (χ2v) is 8.52. The molecule has 182 valence electrons. The van der Waals surface area contributed by atoms with Crippen molar-refractivity contribution in [1.29, 1.82) is 0 Å². The van der Waals surface area contributed by atoms with E-state index in [-0.39, 0.29) is 23.2 Å². The molecule has 0 saturated carbocycles. The first-order valence-electron chi connectivity index (χ1n) is 11.6. The van der Waals surface area contributed by atoms with E-state index >= 15 is 0 Å². The molecule has 5 rings (SSSR count). The summed E-state index contributed by atoms with van der Waals surface area (Å²) in [4.78, 5) is 31.3. The summed E-state index contributed by atoms with van der Waals surface area (Å²) in [6.45, 7) is 4.53. The molecule has 1 aliphatic heterocycles. The number of imidazole rings is 1. The third kappa shape index (κ3) is 4.69. The summed E-state index contributed by atoms with van der Waals surface area (Å²) < 4.78 is 7.51. The van der Waals surface area contributed by atoms with E-state index in [1.807, 2.05) is 23.5 Å². The Bertz CT molecular complexity index is 1470. The van der Waals surface area contributed by atoms with E-state index in [9.17, 15) is 4.79 Å². The van der Waals surface area contributed by atoms with Gasteiger partial charge in [0.1, 0.15) is 5.82 Å². The minimum absolute atomic E-state index is 0.0824. The molecule has 1 atom stereocenters. The number of carbonyl (C=O) groups is 1. The zero-order chi connectivity index (χ0) is 25.1. The lowest BCUT2D eigenvalue weighted by atomic mass is 9.94. The van der Waals surface area contributed by atoms with Crippen LogP contribution in [0, 0.1) is 11.8 Å². The molecule has 0 aliphatic carbocycles. The number of carboxylic acids is 1. The second-order valence-electron chi connectivity index (χ2n) is 8.52. The Morgan fingerprint density at radius 2 is 2.06 bits per heavy atom.